The molecular formula is C10H14N+. The Balaban J connectivity index is 2.57. The summed E-state index contributed by atoms with van der Waals surface area (Å²) in [5, 5.41) is 0. The van der Waals surface area contributed by atoms with E-state index in [4.69, 9.17) is 12.8 Å². The number of hydrogen-bond acceptors (Lipinski definition) is 0. The van der Waals surface area contributed by atoms with Crippen LogP contribution in [-0.4, -0.2) is 30.7 Å². The Kier molecular flexibility index (Phi) is 2.58. The second-order valence-corrected chi connectivity index (χ2v) is 3.22. The minimum atomic E-state index is 0.810. The van der Waals surface area contributed by atoms with Crippen molar-refractivity contribution in [2.45, 2.75) is 12.8 Å². The smallest absolute Gasteiger partial charge is 0.141 e. The largest absolute Gasteiger partial charge is 0.303 e. The quantitative estimate of drug-likeness (QED) is 0.402. The zero-order chi connectivity index (χ0) is 8.16. The maximum Gasteiger partial charge on any atom is 0.141 e. The zero-order valence-corrected chi connectivity index (χ0v) is 6.84. The third kappa shape index (κ3) is 1.76. The molecule has 0 aromatic rings. The highest BCUT2D eigenvalue weighted by Crippen LogP contribution is 2.17. The van der Waals surface area contributed by atoms with Gasteiger partial charge in [-0.2, -0.15) is 0 Å². The maximum absolute atomic E-state index is 5.29. The predicted octanol–water partition coefficient (Wildman–Crippen LogP) is 0.863. The van der Waals surface area contributed by atoms with Crippen molar-refractivity contribution in [2.75, 3.05) is 26.2 Å². The van der Waals surface area contributed by atoms with Crippen molar-refractivity contribution in [3.8, 4) is 24.7 Å². The van der Waals surface area contributed by atoms with Gasteiger partial charge in [-0.25, -0.2) is 0 Å². The molecule has 0 bridgehead atoms. The average Bonchev–Trinajstić information content (AvgIpc) is 2.39. The first-order valence-electron chi connectivity index (χ1n) is 4.05. The lowest BCUT2D eigenvalue weighted by molar-refractivity contribution is -0.903. The van der Waals surface area contributed by atoms with Crippen molar-refractivity contribution in [3.05, 3.63) is 0 Å². The lowest BCUT2D eigenvalue weighted by Crippen LogP contribution is -2.45. The molecule has 1 heterocycles. The molecule has 0 aromatic carbocycles. The van der Waals surface area contributed by atoms with Crippen LogP contribution in [0.25, 0.3) is 0 Å². The SMILES string of the molecule is C#CC[N+]1(CC#C)CCCC1. The van der Waals surface area contributed by atoms with E-state index < -0.39 is 0 Å². The normalized spacial score (nSPS) is 20.5. The fraction of sp³-hybridized carbons (Fsp3) is 0.600. The van der Waals surface area contributed by atoms with E-state index in [0.717, 1.165) is 17.6 Å². The molecular weight excluding hydrogens is 134 g/mol. The van der Waals surface area contributed by atoms with Crippen molar-refractivity contribution in [3.63, 3.8) is 0 Å². The molecule has 0 aliphatic carbocycles. The molecule has 0 radical (unpaired) electrons. The van der Waals surface area contributed by atoms with Gasteiger partial charge < -0.3 is 4.48 Å². The van der Waals surface area contributed by atoms with E-state index in [0.29, 0.717) is 0 Å². The van der Waals surface area contributed by atoms with E-state index in [1.807, 2.05) is 0 Å². The van der Waals surface area contributed by atoms with Gasteiger partial charge in [-0.05, 0) is 11.8 Å². The Morgan fingerprint density at radius 1 is 1.00 bits per heavy atom. The van der Waals surface area contributed by atoms with Gasteiger partial charge in [0, 0.05) is 12.8 Å². The van der Waals surface area contributed by atoms with Crippen LogP contribution in [0.2, 0.25) is 0 Å². The number of hydrogen-bond donors (Lipinski definition) is 0. The van der Waals surface area contributed by atoms with Gasteiger partial charge >= 0.3 is 0 Å². The fourth-order valence-electron chi connectivity index (χ4n) is 1.77. The van der Waals surface area contributed by atoms with Crippen LogP contribution in [0.1, 0.15) is 12.8 Å². The van der Waals surface area contributed by atoms with Gasteiger partial charge in [-0.1, -0.05) is 0 Å². The van der Waals surface area contributed by atoms with E-state index in [1.165, 1.54) is 25.9 Å². The average molecular weight is 148 g/mol. The van der Waals surface area contributed by atoms with E-state index >= 15 is 0 Å². The molecule has 1 nitrogen and oxygen atoms in total. The van der Waals surface area contributed by atoms with Crippen LogP contribution in [0.15, 0.2) is 0 Å². The molecule has 0 unspecified atom stereocenters. The Morgan fingerprint density at radius 2 is 1.45 bits per heavy atom. The van der Waals surface area contributed by atoms with Gasteiger partial charge in [-0.15, -0.1) is 12.8 Å². The maximum atomic E-state index is 5.29. The number of terminal acetylenes is 2. The van der Waals surface area contributed by atoms with Gasteiger partial charge in [0.15, 0.2) is 0 Å². The Labute approximate surface area is 69.0 Å². The van der Waals surface area contributed by atoms with E-state index in [2.05, 4.69) is 11.8 Å². The fourth-order valence-corrected chi connectivity index (χ4v) is 1.77. The molecule has 11 heavy (non-hydrogen) atoms. The number of nitrogens with zero attached hydrogens (tertiary/aromatic N) is 1. The summed E-state index contributed by atoms with van der Waals surface area (Å²) in [5.74, 6) is 5.42. The first kappa shape index (κ1) is 8.18. The van der Waals surface area contributed by atoms with Crippen LogP contribution in [0.5, 0.6) is 0 Å². The van der Waals surface area contributed by atoms with Crippen molar-refractivity contribution < 1.29 is 4.48 Å². The summed E-state index contributed by atoms with van der Waals surface area (Å²) in [6.45, 7) is 3.97. The molecule has 0 saturated carbocycles. The first-order valence-corrected chi connectivity index (χ1v) is 4.05. The van der Waals surface area contributed by atoms with Crippen molar-refractivity contribution in [2.24, 2.45) is 0 Å². The Morgan fingerprint density at radius 3 is 1.82 bits per heavy atom. The molecule has 1 aliphatic rings. The Bertz CT molecular complexity index is 180. The number of rotatable bonds is 2. The van der Waals surface area contributed by atoms with Crippen LogP contribution >= 0.6 is 0 Å². The molecule has 1 fully saturated rings. The molecule has 1 heteroatoms. The first-order chi connectivity index (χ1) is 5.33. The molecule has 0 aromatic heterocycles. The van der Waals surface area contributed by atoms with E-state index in [-0.39, 0.29) is 0 Å². The topological polar surface area (TPSA) is 0 Å². The van der Waals surface area contributed by atoms with E-state index in [1.54, 1.807) is 0 Å². The summed E-state index contributed by atoms with van der Waals surface area (Å²) in [5.41, 5.74) is 0. The van der Waals surface area contributed by atoms with Gasteiger partial charge in [0.25, 0.3) is 0 Å². The summed E-state index contributed by atoms with van der Waals surface area (Å²) in [4.78, 5) is 0. The van der Waals surface area contributed by atoms with Crippen LogP contribution < -0.4 is 0 Å². The molecule has 1 saturated heterocycles. The molecule has 1 rings (SSSR count). The lowest BCUT2D eigenvalue weighted by Gasteiger charge is -2.29. The molecule has 58 valence electrons. The summed E-state index contributed by atoms with van der Waals surface area (Å²) < 4.78 is 0.965. The zero-order valence-electron chi connectivity index (χ0n) is 6.84. The highest BCUT2D eigenvalue weighted by molar-refractivity contribution is 4.89. The molecule has 0 atom stereocenters. The summed E-state index contributed by atoms with van der Waals surface area (Å²) >= 11 is 0. The Hall–Kier alpha value is -0.920. The number of quaternary nitrogens is 1. The van der Waals surface area contributed by atoms with Crippen LogP contribution in [0, 0.1) is 24.7 Å². The lowest BCUT2D eigenvalue weighted by atomic mass is 10.4. The summed E-state index contributed by atoms with van der Waals surface area (Å²) in [6.07, 6.45) is 13.1. The third-order valence-electron chi connectivity index (χ3n) is 2.37. The molecule has 1 aliphatic heterocycles. The third-order valence-corrected chi connectivity index (χ3v) is 2.37. The summed E-state index contributed by atoms with van der Waals surface area (Å²) in [6, 6.07) is 0. The highest BCUT2D eigenvalue weighted by atomic mass is 15.4. The molecule has 0 spiro atoms. The summed E-state index contributed by atoms with van der Waals surface area (Å²) in [7, 11) is 0. The predicted molar refractivity (Wildman–Crippen MR) is 46.6 cm³/mol. The molecule has 0 amide bonds. The number of likely N-dealkylation sites (tertiary alicyclic amines) is 1. The van der Waals surface area contributed by atoms with Crippen LogP contribution in [-0.2, 0) is 0 Å². The van der Waals surface area contributed by atoms with Gasteiger partial charge in [0.1, 0.15) is 13.1 Å². The standard InChI is InChI=1S/C10H14N/c1-3-7-11(8-4-2)9-5-6-10-11/h1-2H,5-10H2/q+1. The second kappa shape index (κ2) is 3.46. The van der Waals surface area contributed by atoms with Crippen molar-refractivity contribution in [1.82, 2.24) is 0 Å². The van der Waals surface area contributed by atoms with Gasteiger partial charge in [0.2, 0.25) is 0 Å². The van der Waals surface area contributed by atoms with Crippen LogP contribution in [0.3, 0.4) is 0 Å². The second-order valence-electron chi connectivity index (χ2n) is 3.22. The minimum absolute atomic E-state index is 0.810. The van der Waals surface area contributed by atoms with Gasteiger partial charge in [0.05, 0.1) is 13.1 Å². The highest BCUT2D eigenvalue weighted by Gasteiger charge is 2.29. The van der Waals surface area contributed by atoms with Crippen LogP contribution in [0.4, 0.5) is 0 Å². The molecule has 0 N–H and O–H groups in total. The van der Waals surface area contributed by atoms with Crippen molar-refractivity contribution in [1.29, 1.82) is 0 Å². The monoisotopic (exact) mass is 148 g/mol. The minimum Gasteiger partial charge on any atom is -0.303 e. The van der Waals surface area contributed by atoms with Crippen molar-refractivity contribution >= 4 is 0 Å². The van der Waals surface area contributed by atoms with E-state index in [9.17, 15) is 0 Å². The van der Waals surface area contributed by atoms with Gasteiger partial charge in [-0.3, -0.25) is 0 Å².